The van der Waals surface area contributed by atoms with Crippen LogP contribution in [0.2, 0.25) is 0 Å². The summed E-state index contributed by atoms with van der Waals surface area (Å²) in [5.74, 6) is -0.233. The Balaban J connectivity index is 1.69. The minimum atomic E-state index is -3.77. The van der Waals surface area contributed by atoms with Crippen LogP contribution in [-0.4, -0.2) is 44.2 Å². The van der Waals surface area contributed by atoms with E-state index in [1.807, 2.05) is 26.8 Å². The second-order valence-electron chi connectivity index (χ2n) is 8.62. The monoisotopic (exact) mass is 499 g/mol. The maximum Gasteiger partial charge on any atom is 0.256 e. The van der Waals surface area contributed by atoms with Crippen molar-refractivity contribution in [2.45, 2.75) is 43.9 Å². The second-order valence-corrected chi connectivity index (χ2v) is 12.5. The molecule has 2 atom stereocenters. The molecule has 32 heavy (non-hydrogen) atoms. The van der Waals surface area contributed by atoms with E-state index in [9.17, 15) is 18.1 Å². The topological polar surface area (TPSA) is 147 Å². The van der Waals surface area contributed by atoms with Gasteiger partial charge in [0.05, 0.1) is 24.3 Å². The lowest BCUT2D eigenvalue weighted by molar-refractivity contribution is 0.321. The van der Waals surface area contributed by atoms with Crippen molar-refractivity contribution in [3.63, 3.8) is 0 Å². The summed E-state index contributed by atoms with van der Waals surface area (Å²) in [5, 5.41) is 15.0. The maximum absolute atomic E-state index is 12.8. The van der Waals surface area contributed by atoms with E-state index in [2.05, 4.69) is 14.1 Å². The van der Waals surface area contributed by atoms with Gasteiger partial charge in [-0.1, -0.05) is 20.8 Å². The zero-order valence-corrected chi connectivity index (χ0v) is 20.3. The first-order valence-electron chi connectivity index (χ1n) is 10.0. The van der Waals surface area contributed by atoms with Crippen LogP contribution in [0.5, 0.6) is 5.75 Å². The molecule has 0 aromatic carbocycles. The number of anilines is 2. The highest BCUT2D eigenvalue weighted by molar-refractivity contribution is 7.91. The lowest BCUT2D eigenvalue weighted by Gasteiger charge is -2.25. The molecule has 1 aliphatic heterocycles. The molecule has 10 nitrogen and oxygen atoms in total. The van der Waals surface area contributed by atoms with Gasteiger partial charge in [-0.2, -0.15) is 4.31 Å². The fourth-order valence-electron chi connectivity index (χ4n) is 3.56. The summed E-state index contributed by atoms with van der Waals surface area (Å²) < 4.78 is 51.0. The predicted octanol–water partition coefficient (Wildman–Crippen LogP) is 3.71. The molecule has 0 radical (unpaired) electrons. The second kappa shape index (κ2) is 8.63. The number of aromatic nitrogens is 2. The third kappa shape index (κ3) is 4.48. The number of sulfonamides is 1. The van der Waals surface area contributed by atoms with E-state index in [1.165, 1.54) is 9.69 Å². The first-order chi connectivity index (χ1) is 15.1. The molecule has 0 amide bonds. The molecule has 3 aromatic heterocycles. The number of nitrogens with zero attached hydrogens (tertiary/aromatic N) is 3. The number of aromatic amines is 1. The van der Waals surface area contributed by atoms with E-state index in [1.54, 1.807) is 12.5 Å². The molecule has 1 fully saturated rings. The van der Waals surface area contributed by atoms with Crippen molar-refractivity contribution >= 4 is 44.0 Å². The number of hydrogen-bond acceptors (Lipinski definition) is 9. The van der Waals surface area contributed by atoms with Crippen molar-refractivity contribution in [2.24, 2.45) is 10.4 Å². The standard InChI is InChI=1S/C19H25N5O5S3/c1-19(2,3)15(12-6-9-29-10-12)21-17-16(22-31(26)23-17)20-13-11-30-18(14(13)25)32(27,28)24-7-4-5-8-24/h6,9-11,15,25H,4-5,7-8H2,1-3H3,(H,20,22)(H,21,23)/t15-,31?/m0/s1. The Hall–Kier alpha value is -2.19. The van der Waals surface area contributed by atoms with E-state index in [0.29, 0.717) is 13.1 Å². The van der Waals surface area contributed by atoms with Crippen molar-refractivity contribution in [1.29, 1.82) is 0 Å². The molecular weight excluding hydrogens is 474 g/mol. The molecule has 4 heterocycles. The molecule has 0 bridgehead atoms. The number of H-pyrrole nitrogens is 1. The highest BCUT2D eigenvalue weighted by Crippen LogP contribution is 2.41. The van der Waals surface area contributed by atoms with Crippen molar-refractivity contribution in [3.8, 4) is 5.75 Å². The number of thiophene rings is 1. The SMILES string of the molecule is CC(C)(C)[C@@H](N=c1[nH][s+]([O-])nc1Nc1csc(S(=O)(=O)N2CCCC2)c1O)c1ccoc1. The summed E-state index contributed by atoms with van der Waals surface area (Å²) in [6.07, 6.45) is 4.77. The Morgan fingerprint density at radius 3 is 2.75 bits per heavy atom. The maximum atomic E-state index is 12.8. The number of furan rings is 1. The lowest BCUT2D eigenvalue weighted by Crippen LogP contribution is -2.27. The average molecular weight is 500 g/mol. The molecule has 174 valence electrons. The van der Waals surface area contributed by atoms with Crippen LogP contribution in [-0.2, 0) is 10.0 Å². The molecule has 0 aliphatic carbocycles. The van der Waals surface area contributed by atoms with Crippen LogP contribution in [0.1, 0.15) is 45.2 Å². The van der Waals surface area contributed by atoms with Crippen molar-refractivity contribution in [2.75, 3.05) is 18.4 Å². The van der Waals surface area contributed by atoms with E-state index < -0.39 is 21.2 Å². The summed E-state index contributed by atoms with van der Waals surface area (Å²) in [6, 6.07) is 1.49. The smallest absolute Gasteiger partial charge is 0.256 e. The van der Waals surface area contributed by atoms with Crippen molar-refractivity contribution in [3.05, 3.63) is 35.0 Å². The largest absolute Gasteiger partial charge is 0.548 e. The van der Waals surface area contributed by atoms with Gasteiger partial charge < -0.3 is 19.4 Å². The molecule has 1 saturated heterocycles. The third-order valence-electron chi connectivity index (χ3n) is 5.14. The number of hydrogen-bond donors (Lipinski definition) is 3. The van der Waals surface area contributed by atoms with Crippen LogP contribution in [0.15, 0.2) is 37.6 Å². The van der Waals surface area contributed by atoms with E-state index in [0.717, 1.165) is 29.7 Å². The summed E-state index contributed by atoms with van der Waals surface area (Å²) >= 11 is -0.823. The third-order valence-corrected chi connectivity index (χ3v) is 9.25. The first-order valence-corrected chi connectivity index (χ1v) is 13.4. The molecule has 3 aromatic rings. The average Bonchev–Trinajstić information content (AvgIpc) is 3.48. The van der Waals surface area contributed by atoms with Gasteiger partial charge in [0.25, 0.3) is 10.0 Å². The molecule has 0 spiro atoms. The lowest BCUT2D eigenvalue weighted by atomic mass is 9.84. The van der Waals surface area contributed by atoms with Gasteiger partial charge in [0, 0.05) is 28.4 Å². The van der Waals surface area contributed by atoms with Crippen molar-refractivity contribution in [1.82, 2.24) is 13.1 Å². The Morgan fingerprint density at radius 1 is 1.41 bits per heavy atom. The molecule has 0 saturated carbocycles. The Bertz CT molecular complexity index is 1250. The minimum Gasteiger partial charge on any atom is -0.548 e. The number of rotatable bonds is 6. The quantitative estimate of drug-likeness (QED) is 0.438. The normalized spacial score (nSPS) is 17.8. The van der Waals surface area contributed by atoms with Gasteiger partial charge in [0.2, 0.25) is 11.3 Å². The van der Waals surface area contributed by atoms with Gasteiger partial charge in [0.15, 0.2) is 21.1 Å². The zero-order chi connectivity index (χ0) is 23.1. The molecule has 1 aliphatic rings. The summed E-state index contributed by atoms with van der Waals surface area (Å²) in [4.78, 5) is 4.72. The van der Waals surface area contributed by atoms with Crippen LogP contribution in [0.4, 0.5) is 11.5 Å². The van der Waals surface area contributed by atoms with Gasteiger partial charge >= 0.3 is 0 Å². The Morgan fingerprint density at radius 2 is 2.12 bits per heavy atom. The van der Waals surface area contributed by atoms with Gasteiger partial charge in [-0.3, -0.25) is 4.99 Å². The van der Waals surface area contributed by atoms with E-state index in [4.69, 9.17) is 9.41 Å². The minimum absolute atomic E-state index is 0.126. The molecular formula is C19H25N5O5S3. The number of nitrogens with one attached hydrogen (secondary N) is 2. The Kier molecular flexibility index (Phi) is 6.20. The fourth-order valence-corrected chi connectivity index (χ4v) is 7.11. The van der Waals surface area contributed by atoms with Crippen LogP contribution in [0, 0.1) is 5.41 Å². The van der Waals surface area contributed by atoms with Crippen LogP contribution >= 0.6 is 22.5 Å². The van der Waals surface area contributed by atoms with Crippen LogP contribution < -0.4 is 10.8 Å². The van der Waals surface area contributed by atoms with E-state index in [-0.39, 0.29) is 38.4 Å². The summed E-state index contributed by atoms with van der Waals surface area (Å²) in [6.45, 7) is 6.94. The molecule has 13 heteroatoms. The van der Waals surface area contributed by atoms with E-state index >= 15 is 0 Å². The van der Waals surface area contributed by atoms with Gasteiger partial charge in [-0.05, 0) is 24.3 Å². The predicted molar refractivity (Wildman–Crippen MR) is 121 cm³/mol. The van der Waals surface area contributed by atoms with Gasteiger partial charge in [0.1, 0.15) is 0 Å². The summed E-state index contributed by atoms with van der Waals surface area (Å²) in [5.41, 5.74) is 0.977. The molecule has 4 rings (SSSR count). The van der Waals surface area contributed by atoms with Crippen LogP contribution in [0.3, 0.4) is 0 Å². The fraction of sp³-hybridized carbons (Fsp3) is 0.474. The van der Waals surface area contributed by atoms with Gasteiger partial charge in [-0.15, -0.1) is 15.7 Å². The van der Waals surface area contributed by atoms with Crippen LogP contribution in [0.25, 0.3) is 0 Å². The summed E-state index contributed by atoms with van der Waals surface area (Å²) in [7, 11) is -3.77. The number of aromatic hydroxyl groups is 1. The Labute approximate surface area is 192 Å². The molecule has 3 N–H and O–H groups in total. The molecule has 1 unspecified atom stereocenters. The van der Waals surface area contributed by atoms with Gasteiger partial charge in [-0.25, -0.2) is 8.42 Å². The first kappa shape index (κ1) is 23.0. The van der Waals surface area contributed by atoms with Crippen molar-refractivity contribution < 1.29 is 22.5 Å². The highest BCUT2D eigenvalue weighted by atomic mass is 32.2. The zero-order valence-electron chi connectivity index (χ0n) is 17.9. The highest BCUT2D eigenvalue weighted by Gasteiger charge is 2.33.